The van der Waals surface area contributed by atoms with Gasteiger partial charge in [0.15, 0.2) is 6.29 Å². The number of hydrogen-bond donors (Lipinski definition) is 0. The minimum atomic E-state index is -0.353. The first-order chi connectivity index (χ1) is 19.5. The van der Waals surface area contributed by atoms with Gasteiger partial charge >= 0.3 is 0 Å². The van der Waals surface area contributed by atoms with E-state index in [0.717, 1.165) is 11.1 Å². The smallest absolute Gasteiger partial charge is 0.158 e. The second-order valence-corrected chi connectivity index (χ2v) is 11.5. The fraction of sp³-hybridized carbons (Fsp3) is 0.606. The van der Waals surface area contributed by atoms with Crippen molar-refractivity contribution in [2.24, 2.45) is 29.6 Å². The maximum absolute atomic E-state index is 13.8. The molecule has 10 atom stereocenters. The fourth-order valence-electron chi connectivity index (χ4n) is 7.39. The summed E-state index contributed by atoms with van der Waals surface area (Å²) in [7, 11) is 1.63. The summed E-state index contributed by atoms with van der Waals surface area (Å²) in [6.45, 7) is 7.90. The highest BCUT2D eigenvalue weighted by Gasteiger charge is 2.60. The summed E-state index contributed by atoms with van der Waals surface area (Å²) in [5.74, 6) is 0.154. The molecule has 7 heteroatoms. The Balaban J connectivity index is 1.47. The van der Waals surface area contributed by atoms with Crippen LogP contribution in [0.25, 0.3) is 0 Å². The summed E-state index contributed by atoms with van der Waals surface area (Å²) in [4.78, 5) is 13.8. The van der Waals surface area contributed by atoms with Gasteiger partial charge in [0, 0.05) is 50.2 Å². The van der Waals surface area contributed by atoms with Crippen LogP contribution in [0.5, 0.6) is 0 Å². The molecule has 0 N–H and O–H groups in total. The molecule has 0 unspecified atom stereocenters. The molecule has 0 aromatic heterocycles. The molecule has 40 heavy (non-hydrogen) atoms. The standard InChI is InChI=1S/C33H44O7/c1-5-36-28-17-25-27(34)16-26-30(29(25)22(3)40-28)31(37-18-23-12-8-6-9-13-23)21(2)32(33(26)39-20-35-4)38-19-24-14-10-7-11-15-24/h6-15,21-22,25-26,28-33H,5,16-20H2,1-4H3/t21-,22+,25-,26-,28-,29-,30-,31-,32-,33-/m1/s1. The predicted molar refractivity (Wildman–Crippen MR) is 150 cm³/mol. The van der Waals surface area contributed by atoms with E-state index in [1.165, 1.54) is 0 Å². The van der Waals surface area contributed by atoms with Crippen molar-refractivity contribution >= 4 is 5.78 Å². The van der Waals surface area contributed by atoms with Crippen molar-refractivity contribution in [2.45, 2.75) is 77.5 Å². The summed E-state index contributed by atoms with van der Waals surface area (Å²) in [5.41, 5.74) is 2.22. The van der Waals surface area contributed by atoms with Gasteiger partial charge in [-0.3, -0.25) is 4.79 Å². The molecule has 2 aromatic carbocycles. The van der Waals surface area contributed by atoms with Gasteiger partial charge in [-0.2, -0.15) is 0 Å². The van der Waals surface area contributed by atoms with E-state index in [2.05, 4.69) is 38.1 Å². The minimum absolute atomic E-state index is 0.00916. The summed E-state index contributed by atoms with van der Waals surface area (Å²) in [6.07, 6.45) is -0.193. The van der Waals surface area contributed by atoms with E-state index in [-0.39, 0.29) is 72.9 Å². The van der Waals surface area contributed by atoms with Gasteiger partial charge in [0.05, 0.1) is 37.6 Å². The van der Waals surface area contributed by atoms with E-state index in [1.807, 2.05) is 43.3 Å². The van der Waals surface area contributed by atoms with Gasteiger partial charge in [-0.1, -0.05) is 67.6 Å². The predicted octanol–water partition coefficient (Wildman–Crippen LogP) is 5.41. The highest BCUT2D eigenvalue weighted by Crippen LogP contribution is 2.54. The van der Waals surface area contributed by atoms with E-state index >= 15 is 0 Å². The average molecular weight is 553 g/mol. The first-order valence-electron chi connectivity index (χ1n) is 14.7. The molecule has 0 bridgehead atoms. The van der Waals surface area contributed by atoms with Crippen molar-refractivity contribution in [3.63, 3.8) is 0 Å². The van der Waals surface area contributed by atoms with Crippen LogP contribution in [0.4, 0.5) is 0 Å². The Morgan fingerprint density at radius 2 is 1.43 bits per heavy atom. The summed E-state index contributed by atoms with van der Waals surface area (Å²) < 4.78 is 37.4. The van der Waals surface area contributed by atoms with E-state index in [9.17, 15) is 4.79 Å². The SMILES string of the molecule is CCO[C@H]1C[C@@H]2C(=O)C[C@H]3[C@@H](OCOC)[C@H](OCc4ccccc4)[C@H](C)[C@@H](OCc4ccccc4)[C@H]3[C@@H]2[C@H](C)O1. The molecule has 0 spiro atoms. The van der Waals surface area contributed by atoms with Gasteiger partial charge in [-0.05, 0) is 30.9 Å². The molecule has 0 radical (unpaired) electrons. The fourth-order valence-corrected chi connectivity index (χ4v) is 7.39. The van der Waals surface area contributed by atoms with Crippen molar-refractivity contribution < 1.29 is 33.2 Å². The Bertz CT molecular complexity index is 1060. The van der Waals surface area contributed by atoms with Crippen LogP contribution in [-0.4, -0.2) is 57.0 Å². The van der Waals surface area contributed by atoms with E-state index in [4.69, 9.17) is 28.4 Å². The molecule has 7 nitrogen and oxygen atoms in total. The first kappa shape index (κ1) is 29.4. The molecule has 3 aliphatic rings. The second-order valence-electron chi connectivity index (χ2n) is 11.5. The molecule has 2 saturated carbocycles. The minimum Gasteiger partial charge on any atom is -0.373 e. The molecular formula is C33H44O7. The lowest BCUT2D eigenvalue weighted by molar-refractivity contribution is -0.274. The van der Waals surface area contributed by atoms with Gasteiger partial charge in [-0.25, -0.2) is 0 Å². The molecule has 218 valence electrons. The van der Waals surface area contributed by atoms with Crippen molar-refractivity contribution in [1.82, 2.24) is 0 Å². The zero-order chi connectivity index (χ0) is 28.1. The van der Waals surface area contributed by atoms with Gasteiger partial charge in [0.25, 0.3) is 0 Å². The third-order valence-electron chi connectivity index (χ3n) is 9.07. The third-order valence-corrected chi connectivity index (χ3v) is 9.07. The van der Waals surface area contributed by atoms with Crippen LogP contribution in [0.2, 0.25) is 0 Å². The molecule has 3 fully saturated rings. The number of Topliss-reactive ketones (excluding diaryl/α,β-unsaturated/α-hetero) is 1. The molecule has 0 amide bonds. The van der Waals surface area contributed by atoms with E-state index in [1.54, 1.807) is 7.11 Å². The largest absolute Gasteiger partial charge is 0.373 e. The lowest BCUT2D eigenvalue weighted by Gasteiger charge is -2.58. The lowest BCUT2D eigenvalue weighted by Crippen LogP contribution is -2.65. The zero-order valence-electron chi connectivity index (χ0n) is 24.1. The van der Waals surface area contributed by atoms with Gasteiger partial charge in [0.2, 0.25) is 0 Å². The monoisotopic (exact) mass is 552 g/mol. The molecule has 1 saturated heterocycles. The number of carbonyl (C=O) groups is 1. The van der Waals surface area contributed by atoms with Crippen LogP contribution < -0.4 is 0 Å². The Kier molecular flexibility index (Phi) is 10.0. The number of carbonyl (C=O) groups excluding carboxylic acids is 1. The number of benzene rings is 2. The maximum Gasteiger partial charge on any atom is 0.158 e. The highest BCUT2D eigenvalue weighted by molar-refractivity contribution is 5.83. The first-order valence-corrected chi connectivity index (χ1v) is 14.7. The van der Waals surface area contributed by atoms with Crippen LogP contribution in [0.15, 0.2) is 60.7 Å². The molecule has 5 rings (SSSR count). The van der Waals surface area contributed by atoms with Gasteiger partial charge in [-0.15, -0.1) is 0 Å². The molecule has 2 aromatic rings. The van der Waals surface area contributed by atoms with Crippen molar-refractivity contribution in [2.75, 3.05) is 20.5 Å². The Hall–Kier alpha value is -2.13. The van der Waals surface area contributed by atoms with Crippen LogP contribution in [0.1, 0.15) is 44.7 Å². The summed E-state index contributed by atoms with van der Waals surface area (Å²) >= 11 is 0. The number of ketones is 1. The normalized spacial score (nSPS) is 35.6. The number of hydrogen-bond acceptors (Lipinski definition) is 7. The molecule has 1 heterocycles. The van der Waals surface area contributed by atoms with E-state index in [0.29, 0.717) is 32.7 Å². The van der Waals surface area contributed by atoms with Crippen molar-refractivity contribution in [1.29, 1.82) is 0 Å². The quantitative estimate of drug-likeness (QED) is 0.346. The number of methoxy groups -OCH3 is 1. The van der Waals surface area contributed by atoms with Crippen molar-refractivity contribution in [3.8, 4) is 0 Å². The van der Waals surface area contributed by atoms with Crippen LogP contribution in [0, 0.1) is 29.6 Å². The molecular weight excluding hydrogens is 508 g/mol. The second kappa shape index (κ2) is 13.7. The molecule has 2 aliphatic carbocycles. The van der Waals surface area contributed by atoms with Crippen LogP contribution >= 0.6 is 0 Å². The lowest BCUT2D eigenvalue weighted by atomic mass is 9.54. The van der Waals surface area contributed by atoms with Gasteiger partial charge in [0.1, 0.15) is 12.6 Å². The summed E-state index contributed by atoms with van der Waals surface area (Å²) in [6, 6.07) is 20.4. The zero-order valence-corrected chi connectivity index (χ0v) is 24.1. The maximum atomic E-state index is 13.8. The van der Waals surface area contributed by atoms with Crippen molar-refractivity contribution in [3.05, 3.63) is 71.8 Å². The number of rotatable bonds is 11. The summed E-state index contributed by atoms with van der Waals surface area (Å²) in [5, 5.41) is 0. The van der Waals surface area contributed by atoms with Crippen LogP contribution in [-0.2, 0) is 46.4 Å². The number of ether oxygens (including phenoxy) is 6. The topological polar surface area (TPSA) is 72.5 Å². The van der Waals surface area contributed by atoms with Gasteiger partial charge < -0.3 is 28.4 Å². The Morgan fingerprint density at radius 3 is 2.02 bits per heavy atom. The van der Waals surface area contributed by atoms with E-state index < -0.39 is 0 Å². The third kappa shape index (κ3) is 6.35. The Morgan fingerprint density at radius 1 is 0.800 bits per heavy atom. The average Bonchev–Trinajstić information content (AvgIpc) is 2.96. The Labute approximate surface area is 238 Å². The molecule has 1 aliphatic heterocycles. The highest BCUT2D eigenvalue weighted by atomic mass is 16.7. The van der Waals surface area contributed by atoms with Crippen LogP contribution in [0.3, 0.4) is 0 Å². The number of fused-ring (bicyclic) bond motifs is 3.